The highest BCUT2D eigenvalue weighted by atomic mass is 16.5. The molecule has 26 heavy (non-hydrogen) atoms. The van der Waals surface area contributed by atoms with E-state index in [4.69, 9.17) is 4.74 Å². The zero-order chi connectivity index (χ0) is 18.1. The average molecular weight is 350 g/mol. The molecule has 2 saturated heterocycles. The summed E-state index contributed by atoms with van der Waals surface area (Å²) >= 11 is 0. The molecule has 2 aliphatic rings. The van der Waals surface area contributed by atoms with Gasteiger partial charge in [0.2, 0.25) is 0 Å². The first-order valence-corrected chi connectivity index (χ1v) is 9.37. The van der Waals surface area contributed by atoms with Crippen molar-refractivity contribution in [2.24, 2.45) is 0 Å². The number of anilines is 1. The van der Waals surface area contributed by atoms with Crippen LogP contribution >= 0.6 is 0 Å². The van der Waals surface area contributed by atoms with Crippen molar-refractivity contribution in [2.75, 3.05) is 38.7 Å². The fraction of sp³-hybridized carbons (Fsp3) is 0.409. The maximum Gasteiger partial charge on any atom is 0.253 e. The number of hydrogen-bond acceptors (Lipinski definition) is 3. The number of rotatable bonds is 3. The first kappa shape index (κ1) is 17.1. The number of carbonyl (C=O) groups is 1. The van der Waals surface area contributed by atoms with Crippen molar-refractivity contribution in [3.63, 3.8) is 0 Å². The Morgan fingerprint density at radius 1 is 1.00 bits per heavy atom. The monoisotopic (exact) mass is 350 g/mol. The predicted molar refractivity (Wildman–Crippen MR) is 105 cm³/mol. The van der Waals surface area contributed by atoms with Crippen LogP contribution in [0.1, 0.15) is 29.6 Å². The van der Waals surface area contributed by atoms with Gasteiger partial charge in [0, 0.05) is 38.4 Å². The number of carbonyl (C=O) groups excluding carboxylic acids is 1. The van der Waals surface area contributed by atoms with Crippen LogP contribution in [0.25, 0.3) is 11.1 Å². The quantitative estimate of drug-likeness (QED) is 0.844. The van der Waals surface area contributed by atoms with E-state index in [9.17, 15) is 4.79 Å². The van der Waals surface area contributed by atoms with Crippen molar-refractivity contribution in [3.8, 4) is 11.1 Å². The average Bonchev–Trinajstić information content (AvgIpc) is 2.66. The van der Waals surface area contributed by atoms with Crippen LogP contribution in [0.5, 0.6) is 0 Å². The van der Waals surface area contributed by atoms with Crippen LogP contribution in [0.4, 0.5) is 5.69 Å². The topological polar surface area (TPSA) is 32.8 Å². The van der Waals surface area contributed by atoms with Crippen molar-refractivity contribution in [2.45, 2.75) is 24.9 Å². The molecule has 0 radical (unpaired) electrons. The van der Waals surface area contributed by atoms with Crippen molar-refractivity contribution in [3.05, 3.63) is 54.1 Å². The minimum Gasteiger partial charge on any atom is -0.378 e. The van der Waals surface area contributed by atoms with E-state index in [2.05, 4.69) is 29.2 Å². The highest BCUT2D eigenvalue weighted by Gasteiger charge is 2.41. The molecule has 0 bridgehead atoms. The van der Waals surface area contributed by atoms with Gasteiger partial charge in [-0.15, -0.1) is 0 Å². The van der Waals surface area contributed by atoms with Gasteiger partial charge in [-0.2, -0.15) is 0 Å². The van der Waals surface area contributed by atoms with E-state index in [-0.39, 0.29) is 11.5 Å². The molecule has 0 unspecified atom stereocenters. The number of likely N-dealkylation sites (tertiary alicyclic amines) is 1. The summed E-state index contributed by atoms with van der Waals surface area (Å²) < 4.78 is 5.74. The zero-order valence-corrected chi connectivity index (χ0v) is 15.6. The van der Waals surface area contributed by atoms with Crippen LogP contribution in [0.2, 0.25) is 0 Å². The van der Waals surface area contributed by atoms with Gasteiger partial charge in [-0.25, -0.2) is 0 Å². The maximum atomic E-state index is 12.8. The summed E-state index contributed by atoms with van der Waals surface area (Å²) in [5.74, 6) is 0.132. The Bertz CT molecular complexity index is 784. The summed E-state index contributed by atoms with van der Waals surface area (Å²) in [6.45, 7) is 2.47. The molecule has 136 valence electrons. The Hall–Kier alpha value is -2.33. The molecule has 0 saturated carbocycles. The summed E-state index contributed by atoms with van der Waals surface area (Å²) in [7, 11) is 4.08. The molecule has 0 atom stereocenters. The van der Waals surface area contributed by atoms with E-state index >= 15 is 0 Å². The maximum absolute atomic E-state index is 12.8. The molecule has 2 aromatic rings. The van der Waals surface area contributed by atoms with Gasteiger partial charge in [-0.3, -0.25) is 4.79 Å². The number of hydrogen-bond donors (Lipinski definition) is 0. The third-order valence-electron chi connectivity index (χ3n) is 5.76. The number of amides is 1. The number of piperidine rings is 1. The van der Waals surface area contributed by atoms with E-state index < -0.39 is 0 Å². The Morgan fingerprint density at radius 2 is 1.69 bits per heavy atom. The minimum atomic E-state index is 0.0814. The second kappa shape index (κ2) is 6.76. The van der Waals surface area contributed by atoms with Crippen LogP contribution < -0.4 is 4.90 Å². The SMILES string of the molecule is CN(C)c1cccc(-c2ccc(C(=O)N3CCC4(CCO4)CC3)cc2)c1. The standard InChI is InChI=1S/C22H26N2O2/c1-23(2)20-5-3-4-19(16-20)17-6-8-18(9-7-17)21(25)24-13-10-22(11-14-24)12-15-26-22/h3-9,16H,10-15H2,1-2H3. The fourth-order valence-electron chi connectivity index (χ4n) is 3.85. The van der Waals surface area contributed by atoms with E-state index in [1.807, 2.05) is 43.3 Å². The van der Waals surface area contributed by atoms with Gasteiger partial charge >= 0.3 is 0 Å². The van der Waals surface area contributed by atoms with Crippen molar-refractivity contribution in [1.82, 2.24) is 4.90 Å². The number of benzene rings is 2. The lowest BCUT2D eigenvalue weighted by Gasteiger charge is -2.47. The zero-order valence-electron chi connectivity index (χ0n) is 15.6. The highest BCUT2D eigenvalue weighted by molar-refractivity contribution is 5.94. The summed E-state index contributed by atoms with van der Waals surface area (Å²) in [5.41, 5.74) is 4.31. The van der Waals surface area contributed by atoms with Gasteiger partial charge < -0.3 is 14.5 Å². The number of nitrogens with zero attached hydrogens (tertiary/aromatic N) is 2. The second-order valence-corrected chi connectivity index (χ2v) is 7.60. The lowest BCUT2D eigenvalue weighted by Crippen LogP contribution is -2.53. The van der Waals surface area contributed by atoms with Crippen LogP contribution in [-0.4, -0.2) is 50.2 Å². The summed E-state index contributed by atoms with van der Waals surface area (Å²) in [6, 6.07) is 16.4. The van der Waals surface area contributed by atoms with Crippen LogP contribution in [0.3, 0.4) is 0 Å². The Balaban J connectivity index is 1.46. The number of ether oxygens (including phenoxy) is 1. The third-order valence-corrected chi connectivity index (χ3v) is 5.76. The molecular weight excluding hydrogens is 324 g/mol. The third kappa shape index (κ3) is 3.21. The molecule has 2 heterocycles. The van der Waals surface area contributed by atoms with Gasteiger partial charge in [0.05, 0.1) is 12.2 Å². The van der Waals surface area contributed by atoms with Crippen LogP contribution in [0, 0.1) is 0 Å². The molecular formula is C22H26N2O2. The highest BCUT2D eigenvalue weighted by Crippen LogP contribution is 2.37. The molecule has 1 spiro atoms. The van der Waals surface area contributed by atoms with Gasteiger partial charge in [-0.05, 0) is 54.7 Å². The summed E-state index contributed by atoms with van der Waals surface area (Å²) in [5, 5.41) is 0. The Kier molecular flexibility index (Phi) is 4.45. The van der Waals surface area contributed by atoms with Gasteiger partial charge in [0.25, 0.3) is 5.91 Å². The lowest BCUT2D eigenvalue weighted by atomic mass is 9.84. The largest absolute Gasteiger partial charge is 0.378 e. The van der Waals surface area contributed by atoms with Gasteiger partial charge in [0.1, 0.15) is 0 Å². The first-order chi connectivity index (χ1) is 12.6. The Morgan fingerprint density at radius 3 is 2.27 bits per heavy atom. The fourth-order valence-corrected chi connectivity index (χ4v) is 3.85. The first-order valence-electron chi connectivity index (χ1n) is 9.37. The molecule has 4 heteroatoms. The molecule has 1 amide bonds. The predicted octanol–water partition coefficient (Wildman–Crippen LogP) is 3.81. The minimum absolute atomic E-state index is 0.0814. The second-order valence-electron chi connectivity index (χ2n) is 7.60. The van der Waals surface area contributed by atoms with Crippen molar-refractivity contribution < 1.29 is 9.53 Å². The molecule has 2 aliphatic heterocycles. The lowest BCUT2D eigenvalue weighted by molar-refractivity contribution is -0.169. The van der Waals surface area contributed by atoms with Gasteiger partial charge in [0.15, 0.2) is 0 Å². The van der Waals surface area contributed by atoms with Crippen LogP contribution in [0.15, 0.2) is 48.5 Å². The molecule has 0 aromatic heterocycles. The van der Waals surface area contributed by atoms with E-state index in [0.29, 0.717) is 0 Å². The van der Waals surface area contributed by atoms with Crippen molar-refractivity contribution >= 4 is 11.6 Å². The van der Waals surface area contributed by atoms with Crippen LogP contribution in [-0.2, 0) is 4.74 Å². The molecule has 2 aromatic carbocycles. The smallest absolute Gasteiger partial charge is 0.253 e. The molecule has 0 aliphatic carbocycles. The summed E-state index contributed by atoms with van der Waals surface area (Å²) in [4.78, 5) is 16.8. The molecule has 2 fully saturated rings. The molecule has 4 nitrogen and oxygen atoms in total. The summed E-state index contributed by atoms with van der Waals surface area (Å²) in [6.07, 6.45) is 3.08. The van der Waals surface area contributed by atoms with E-state index in [1.165, 1.54) is 5.69 Å². The van der Waals surface area contributed by atoms with Crippen molar-refractivity contribution in [1.29, 1.82) is 0 Å². The normalized spacial score (nSPS) is 18.5. The Labute approximate surface area is 155 Å². The van der Waals surface area contributed by atoms with E-state index in [1.54, 1.807) is 0 Å². The molecule has 0 N–H and O–H groups in total. The molecule has 4 rings (SSSR count). The van der Waals surface area contributed by atoms with E-state index in [0.717, 1.165) is 55.6 Å². The van der Waals surface area contributed by atoms with Gasteiger partial charge in [-0.1, -0.05) is 24.3 Å².